The summed E-state index contributed by atoms with van der Waals surface area (Å²) in [7, 11) is 1.48. The summed E-state index contributed by atoms with van der Waals surface area (Å²) in [5.41, 5.74) is 0.175. The Balaban J connectivity index is 2.47. The minimum absolute atomic E-state index is 0.101. The number of rotatable bonds is 6. The van der Waals surface area contributed by atoms with E-state index >= 15 is 0 Å². The van der Waals surface area contributed by atoms with Gasteiger partial charge in [0.1, 0.15) is 0 Å². The molecule has 1 rings (SSSR count). The highest BCUT2D eigenvalue weighted by molar-refractivity contribution is 7.07. The van der Waals surface area contributed by atoms with Crippen molar-refractivity contribution >= 4 is 29.3 Å². The second-order valence-electron chi connectivity index (χ2n) is 6.03. The molecule has 0 aliphatic rings. The van der Waals surface area contributed by atoms with Crippen LogP contribution in [-0.2, 0) is 20.7 Å². The number of likely N-dealkylation sites (N-methyl/N-ethyl adjacent to an activating group) is 1. The van der Waals surface area contributed by atoms with E-state index in [2.05, 4.69) is 14.9 Å². The summed E-state index contributed by atoms with van der Waals surface area (Å²) >= 11 is 0.935. The quantitative estimate of drug-likeness (QED) is 0.761. The van der Waals surface area contributed by atoms with Crippen molar-refractivity contribution in [2.24, 2.45) is 0 Å². The van der Waals surface area contributed by atoms with Crippen molar-refractivity contribution in [1.29, 1.82) is 0 Å². The molecule has 0 saturated heterocycles. The summed E-state index contributed by atoms with van der Waals surface area (Å²) in [6.07, 6.45) is 0.557. The molecule has 1 heterocycles. The lowest BCUT2D eigenvalue weighted by atomic mass is 10.1. The first-order valence-corrected chi connectivity index (χ1v) is 7.94. The normalized spacial score (nSPS) is 11.0. The molecule has 0 radical (unpaired) electrons. The second kappa shape index (κ2) is 8.00. The Labute approximate surface area is 139 Å². The van der Waals surface area contributed by atoms with Crippen molar-refractivity contribution in [2.75, 3.05) is 20.2 Å². The molecule has 0 aromatic carbocycles. The van der Waals surface area contributed by atoms with Gasteiger partial charge in [-0.25, -0.2) is 4.79 Å². The third kappa shape index (κ3) is 6.31. The van der Waals surface area contributed by atoms with Crippen LogP contribution in [0.5, 0.6) is 0 Å². The largest absolute Gasteiger partial charge is 0.451 e. The molecule has 1 aromatic rings. The maximum atomic E-state index is 11.9. The average molecular weight is 342 g/mol. The van der Waals surface area contributed by atoms with E-state index in [1.54, 1.807) is 0 Å². The van der Waals surface area contributed by atoms with Gasteiger partial charge in [0.15, 0.2) is 11.5 Å². The first kappa shape index (κ1) is 19.0. The predicted octanol–water partition coefficient (Wildman–Crippen LogP) is 0.630. The number of carbonyl (C=O) groups excluding carboxylic acids is 3. The number of hydrogen-bond donors (Lipinski definition) is 1. The highest BCUT2D eigenvalue weighted by atomic mass is 32.1. The third-order valence-corrected chi connectivity index (χ3v) is 3.47. The zero-order chi connectivity index (χ0) is 17.6. The van der Waals surface area contributed by atoms with Gasteiger partial charge in [-0.05, 0) is 38.7 Å². The molecule has 0 bridgehead atoms. The van der Waals surface area contributed by atoms with Crippen molar-refractivity contribution in [2.45, 2.75) is 39.7 Å². The van der Waals surface area contributed by atoms with Gasteiger partial charge >= 0.3 is 5.97 Å². The van der Waals surface area contributed by atoms with Crippen LogP contribution in [0, 0.1) is 0 Å². The molecule has 23 heavy (non-hydrogen) atoms. The topological polar surface area (TPSA) is 101 Å². The maximum absolute atomic E-state index is 11.9. The van der Waals surface area contributed by atoms with Crippen LogP contribution in [0.25, 0.3) is 0 Å². The minimum atomic E-state index is -0.627. The number of nitrogens with one attached hydrogen (secondary N) is 1. The monoisotopic (exact) mass is 342 g/mol. The Kier molecular flexibility index (Phi) is 6.62. The van der Waals surface area contributed by atoms with Crippen LogP contribution in [-0.4, -0.2) is 58.0 Å². The summed E-state index contributed by atoms with van der Waals surface area (Å²) in [6.45, 7) is 6.87. The van der Waals surface area contributed by atoms with Gasteiger partial charge in [0.05, 0.1) is 12.2 Å². The van der Waals surface area contributed by atoms with Crippen LogP contribution >= 0.6 is 11.5 Å². The van der Waals surface area contributed by atoms with E-state index in [9.17, 15) is 14.4 Å². The molecule has 2 amide bonds. The van der Waals surface area contributed by atoms with Crippen molar-refractivity contribution in [1.82, 2.24) is 19.8 Å². The fourth-order valence-electron chi connectivity index (χ4n) is 1.66. The van der Waals surface area contributed by atoms with Crippen LogP contribution in [0.15, 0.2) is 0 Å². The molecule has 1 N–H and O–H groups in total. The van der Waals surface area contributed by atoms with Crippen LogP contribution in [0.3, 0.4) is 0 Å². The van der Waals surface area contributed by atoms with Crippen molar-refractivity contribution in [3.63, 3.8) is 0 Å². The molecular formula is C14H22N4O4S. The number of amides is 2. The predicted molar refractivity (Wildman–Crippen MR) is 85.1 cm³/mol. The van der Waals surface area contributed by atoms with Gasteiger partial charge in [-0.3, -0.25) is 9.59 Å². The molecule has 0 atom stereocenters. The van der Waals surface area contributed by atoms with Crippen molar-refractivity contribution in [3.05, 3.63) is 10.6 Å². The van der Waals surface area contributed by atoms with E-state index in [-0.39, 0.29) is 18.0 Å². The summed E-state index contributed by atoms with van der Waals surface area (Å²) in [6, 6.07) is 0. The lowest BCUT2D eigenvalue weighted by Crippen LogP contribution is -2.46. The Hall–Kier alpha value is -2.03. The van der Waals surface area contributed by atoms with E-state index in [4.69, 9.17) is 4.74 Å². The van der Waals surface area contributed by atoms with Crippen LogP contribution < -0.4 is 5.32 Å². The van der Waals surface area contributed by atoms with E-state index in [1.165, 1.54) is 11.9 Å². The van der Waals surface area contributed by atoms with E-state index in [1.807, 2.05) is 27.7 Å². The fourth-order valence-corrected chi connectivity index (χ4v) is 2.30. The number of carbonyl (C=O) groups is 3. The Morgan fingerprint density at radius 1 is 1.30 bits per heavy atom. The molecule has 0 saturated carbocycles. The number of hydrogen-bond acceptors (Lipinski definition) is 7. The van der Waals surface area contributed by atoms with E-state index in [0.717, 1.165) is 11.5 Å². The van der Waals surface area contributed by atoms with Crippen molar-refractivity contribution < 1.29 is 19.1 Å². The van der Waals surface area contributed by atoms with Crippen LogP contribution in [0.2, 0.25) is 0 Å². The summed E-state index contributed by atoms with van der Waals surface area (Å²) in [5.74, 6) is -1.37. The fraction of sp³-hybridized carbons (Fsp3) is 0.643. The van der Waals surface area contributed by atoms with Crippen LogP contribution in [0.4, 0.5) is 0 Å². The number of nitrogens with zero attached hydrogens (tertiary/aromatic N) is 3. The Morgan fingerprint density at radius 3 is 2.52 bits per heavy atom. The van der Waals surface area contributed by atoms with E-state index < -0.39 is 18.5 Å². The Morgan fingerprint density at radius 2 is 1.96 bits per heavy atom. The minimum Gasteiger partial charge on any atom is -0.451 e. The van der Waals surface area contributed by atoms with Gasteiger partial charge in [-0.15, -0.1) is 5.10 Å². The smallest absolute Gasteiger partial charge is 0.352 e. The number of aromatic nitrogens is 2. The van der Waals surface area contributed by atoms with Gasteiger partial charge in [-0.2, -0.15) is 0 Å². The standard InChI is InChI=1S/C14H22N4O4S/c1-6-9-12(23-17-16-9)13(21)22-8-11(20)18(5)7-10(19)15-14(2,3)4/h6-8H2,1-5H3,(H,15,19). The molecule has 8 nitrogen and oxygen atoms in total. The molecule has 9 heteroatoms. The number of ether oxygens (including phenoxy) is 1. The molecular weight excluding hydrogens is 320 g/mol. The highest BCUT2D eigenvalue weighted by Crippen LogP contribution is 2.12. The highest BCUT2D eigenvalue weighted by Gasteiger charge is 2.21. The number of esters is 1. The molecule has 1 aromatic heterocycles. The zero-order valence-corrected chi connectivity index (χ0v) is 14.8. The summed E-state index contributed by atoms with van der Waals surface area (Å²) < 4.78 is 8.66. The van der Waals surface area contributed by atoms with Gasteiger partial charge < -0.3 is 15.0 Å². The first-order chi connectivity index (χ1) is 10.6. The lowest BCUT2D eigenvalue weighted by molar-refractivity contribution is -0.137. The van der Waals surface area contributed by atoms with E-state index in [0.29, 0.717) is 17.0 Å². The molecule has 0 fully saturated rings. The first-order valence-electron chi connectivity index (χ1n) is 7.17. The van der Waals surface area contributed by atoms with Crippen LogP contribution in [0.1, 0.15) is 43.1 Å². The Bertz CT molecular complexity index is 580. The molecule has 0 aliphatic carbocycles. The van der Waals surface area contributed by atoms with Gasteiger partial charge in [-0.1, -0.05) is 11.4 Å². The van der Waals surface area contributed by atoms with Gasteiger partial charge in [0.25, 0.3) is 5.91 Å². The summed E-state index contributed by atoms with van der Waals surface area (Å²) in [5, 5.41) is 6.56. The van der Waals surface area contributed by atoms with Gasteiger partial charge in [0.2, 0.25) is 5.91 Å². The zero-order valence-electron chi connectivity index (χ0n) is 14.0. The average Bonchev–Trinajstić information content (AvgIpc) is 2.90. The lowest BCUT2D eigenvalue weighted by Gasteiger charge is -2.23. The third-order valence-electron chi connectivity index (χ3n) is 2.72. The number of aryl methyl sites for hydroxylation is 1. The molecule has 0 aliphatic heterocycles. The van der Waals surface area contributed by atoms with Gasteiger partial charge in [0, 0.05) is 12.6 Å². The second-order valence-corrected chi connectivity index (χ2v) is 6.78. The molecule has 0 unspecified atom stereocenters. The molecule has 128 valence electrons. The summed E-state index contributed by atoms with van der Waals surface area (Å²) in [4.78, 5) is 37.1. The SMILES string of the molecule is CCc1nnsc1C(=O)OCC(=O)N(C)CC(=O)NC(C)(C)C. The van der Waals surface area contributed by atoms with Crippen molar-refractivity contribution in [3.8, 4) is 0 Å². The molecule has 0 spiro atoms. The maximum Gasteiger partial charge on any atom is 0.352 e.